The molecule has 3 rings (SSSR count). The van der Waals surface area contributed by atoms with Gasteiger partial charge in [0.1, 0.15) is 12.2 Å². The van der Waals surface area contributed by atoms with Gasteiger partial charge in [-0.05, 0) is 25.2 Å². The zero-order valence-corrected chi connectivity index (χ0v) is 11.9. The molecule has 0 radical (unpaired) electrons. The highest BCUT2D eigenvalue weighted by molar-refractivity contribution is 5.06. The number of hydrogen-bond donors (Lipinski definition) is 1. The topological polar surface area (TPSA) is 66.0 Å². The van der Waals surface area contributed by atoms with E-state index in [1.165, 1.54) is 6.42 Å². The van der Waals surface area contributed by atoms with Crippen LogP contribution in [0.1, 0.15) is 38.9 Å². The summed E-state index contributed by atoms with van der Waals surface area (Å²) < 4.78 is 8.05. The molecule has 3 unspecified atom stereocenters. The Morgan fingerprint density at radius 1 is 1.53 bits per heavy atom. The van der Waals surface area contributed by atoms with Crippen molar-refractivity contribution in [2.24, 2.45) is 17.1 Å². The van der Waals surface area contributed by atoms with Crippen LogP contribution in [-0.2, 0) is 17.7 Å². The first-order valence-corrected chi connectivity index (χ1v) is 7.35. The normalized spacial score (nSPS) is 33.5. The van der Waals surface area contributed by atoms with Crippen LogP contribution in [0.5, 0.6) is 0 Å². The van der Waals surface area contributed by atoms with Crippen LogP contribution in [-0.4, -0.2) is 33.5 Å². The largest absolute Gasteiger partial charge is 0.374 e. The van der Waals surface area contributed by atoms with Gasteiger partial charge in [0.25, 0.3) is 0 Å². The van der Waals surface area contributed by atoms with E-state index in [1.807, 2.05) is 4.68 Å². The quantitative estimate of drug-likeness (QED) is 0.872. The van der Waals surface area contributed by atoms with Crippen LogP contribution >= 0.6 is 0 Å². The number of nitrogens with zero attached hydrogens (tertiary/aromatic N) is 3. The van der Waals surface area contributed by atoms with Crippen LogP contribution in [0.25, 0.3) is 0 Å². The number of fused-ring (bicyclic) bond motifs is 2. The average Bonchev–Trinajstić information content (AvgIpc) is 3.06. The van der Waals surface area contributed by atoms with E-state index >= 15 is 0 Å². The highest BCUT2D eigenvalue weighted by atomic mass is 16.5. The van der Waals surface area contributed by atoms with Crippen molar-refractivity contribution in [3.05, 3.63) is 12.2 Å². The van der Waals surface area contributed by atoms with E-state index in [4.69, 9.17) is 10.5 Å². The molecule has 0 spiro atoms. The van der Waals surface area contributed by atoms with Crippen LogP contribution in [0.2, 0.25) is 0 Å². The van der Waals surface area contributed by atoms with Crippen molar-refractivity contribution in [1.82, 2.24) is 14.8 Å². The van der Waals surface area contributed by atoms with E-state index < -0.39 is 0 Å². The summed E-state index contributed by atoms with van der Waals surface area (Å²) in [5.41, 5.74) is 6.17. The van der Waals surface area contributed by atoms with E-state index in [-0.39, 0.29) is 5.41 Å². The predicted octanol–water partition coefficient (Wildman–Crippen LogP) is 1.37. The molecular formula is C14H24N4O. The summed E-state index contributed by atoms with van der Waals surface area (Å²) in [4.78, 5) is 4.45. The SMILES string of the molecule is CC(C)Cn1ncnc1CC1(CN)CC2CCC1O2. The van der Waals surface area contributed by atoms with Crippen molar-refractivity contribution in [3.8, 4) is 0 Å². The third-order valence-corrected chi connectivity index (χ3v) is 4.58. The zero-order valence-electron chi connectivity index (χ0n) is 11.9. The van der Waals surface area contributed by atoms with Crippen molar-refractivity contribution in [2.45, 2.75) is 58.3 Å². The summed E-state index contributed by atoms with van der Waals surface area (Å²) in [5.74, 6) is 1.64. The Morgan fingerprint density at radius 3 is 2.95 bits per heavy atom. The van der Waals surface area contributed by atoms with E-state index in [2.05, 4.69) is 23.9 Å². The third-order valence-electron chi connectivity index (χ3n) is 4.58. The third kappa shape index (κ3) is 2.30. The van der Waals surface area contributed by atoms with Gasteiger partial charge in [-0.1, -0.05) is 13.8 Å². The van der Waals surface area contributed by atoms with Gasteiger partial charge in [0.15, 0.2) is 0 Å². The highest BCUT2D eigenvalue weighted by Gasteiger charge is 2.52. The summed E-state index contributed by atoms with van der Waals surface area (Å²) in [6, 6.07) is 0. The van der Waals surface area contributed by atoms with Crippen LogP contribution < -0.4 is 5.73 Å². The van der Waals surface area contributed by atoms with Crippen LogP contribution in [0, 0.1) is 11.3 Å². The highest BCUT2D eigenvalue weighted by Crippen LogP contribution is 2.48. The first kappa shape index (κ1) is 13.1. The predicted molar refractivity (Wildman–Crippen MR) is 72.6 cm³/mol. The standard InChI is InChI=1S/C14H24N4O/c1-10(2)7-18-13(16-9-17-18)6-14(8-15)5-11-3-4-12(14)19-11/h9-12H,3-8,15H2,1-2H3. The number of aromatic nitrogens is 3. The van der Waals surface area contributed by atoms with Gasteiger partial charge in [-0.25, -0.2) is 9.67 Å². The molecule has 0 saturated carbocycles. The van der Waals surface area contributed by atoms with Gasteiger partial charge in [0.05, 0.1) is 12.2 Å². The van der Waals surface area contributed by atoms with Crippen LogP contribution in [0.4, 0.5) is 0 Å². The van der Waals surface area contributed by atoms with E-state index in [9.17, 15) is 0 Å². The van der Waals surface area contributed by atoms with Gasteiger partial charge in [-0.3, -0.25) is 0 Å². The fourth-order valence-corrected chi connectivity index (χ4v) is 3.60. The maximum atomic E-state index is 6.09. The maximum absolute atomic E-state index is 6.09. The Kier molecular flexibility index (Phi) is 3.35. The Hall–Kier alpha value is -0.940. The molecule has 2 fully saturated rings. The summed E-state index contributed by atoms with van der Waals surface area (Å²) in [6.45, 7) is 6.00. The minimum Gasteiger partial charge on any atom is -0.374 e. The molecule has 0 aliphatic carbocycles. The summed E-state index contributed by atoms with van der Waals surface area (Å²) >= 11 is 0. The first-order valence-electron chi connectivity index (χ1n) is 7.35. The molecule has 0 amide bonds. The van der Waals surface area contributed by atoms with E-state index in [1.54, 1.807) is 6.33 Å². The van der Waals surface area contributed by atoms with E-state index in [0.29, 0.717) is 24.7 Å². The second kappa shape index (κ2) is 4.87. The molecule has 2 aliphatic rings. The van der Waals surface area contributed by atoms with Crippen molar-refractivity contribution in [1.29, 1.82) is 0 Å². The van der Waals surface area contributed by atoms with Crippen molar-refractivity contribution < 1.29 is 4.74 Å². The molecule has 2 saturated heterocycles. The second-order valence-electron chi connectivity index (χ2n) is 6.52. The second-order valence-corrected chi connectivity index (χ2v) is 6.52. The molecule has 2 aliphatic heterocycles. The van der Waals surface area contributed by atoms with Crippen LogP contribution in [0.15, 0.2) is 6.33 Å². The summed E-state index contributed by atoms with van der Waals surface area (Å²) in [7, 11) is 0. The van der Waals surface area contributed by atoms with Gasteiger partial charge in [-0.15, -0.1) is 0 Å². The Labute approximate surface area is 114 Å². The monoisotopic (exact) mass is 264 g/mol. The number of rotatable bonds is 5. The van der Waals surface area contributed by atoms with Gasteiger partial charge in [0.2, 0.25) is 0 Å². The molecule has 106 valence electrons. The minimum absolute atomic E-state index is 0.0880. The Balaban J connectivity index is 1.78. The number of nitrogens with two attached hydrogens (primary N) is 1. The molecule has 1 aromatic heterocycles. The van der Waals surface area contributed by atoms with Gasteiger partial charge in [-0.2, -0.15) is 5.10 Å². The van der Waals surface area contributed by atoms with Crippen molar-refractivity contribution in [3.63, 3.8) is 0 Å². The lowest BCUT2D eigenvalue weighted by atomic mass is 9.71. The maximum Gasteiger partial charge on any atom is 0.138 e. The molecule has 2 bridgehead atoms. The number of ether oxygens (including phenoxy) is 1. The van der Waals surface area contributed by atoms with E-state index in [0.717, 1.165) is 31.6 Å². The van der Waals surface area contributed by atoms with Crippen molar-refractivity contribution >= 4 is 0 Å². The number of hydrogen-bond acceptors (Lipinski definition) is 4. The molecule has 2 N–H and O–H groups in total. The zero-order chi connectivity index (χ0) is 13.5. The smallest absolute Gasteiger partial charge is 0.138 e. The van der Waals surface area contributed by atoms with Crippen molar-refractivity contribution in [2.75, 3.05) is 6.54 Å². The van der Waals surface area contributed by atoms with Gasteiger partial charge < -0.3 is 10.5 Å². The summed E-state index contributed by atoms with van der Waals surface area (Å²) in [5, 5.41) is 4.35. The Bertz CT molecular complexity index is 444. The first-order chi connectivity index (χ1) is 9.13. The molecule has 19 heavy (non-hydrogen) atoms. The lowest BCUT2D eigenvalue weighted by molar-refractivity contribution is 0.0623. The molecular weight excluding hydrogens is 240 g/mol. The molecule has 3 heterocycles. The molecule has 5 heteroatoms. The molecule has 1 aromatic rings. The lowest BCUT2D eigenvalue weighted by Gasteiger charge is -2.33. The fraction of sp³-hybridized carbons (Fsp3) is 0.857. The average molecular weight is 264 g/mol. The summed E-state index contributed by atoms with van der Waals surface area (Å²) in [6.07, 6.45) is 6.75. The fourth-order valence-electron chi connectivity index (χ4n) is 3.60. The molecule has 0 aromatic carbocycles. The lowest BCUT2D eigenvalue weighted by Crippen LogP contribution is -2.42. The minimum atomic E-state index is 0.0880. The molecule has 5 nitrogen and oxygen atoms in total. The molecule has 3 atom stereocenters. The van der Waals surface area contributed by atoms with Gasteiger partial charge >= 0.3 is 0 Å². The van der Waals surface area contributed by atoms with Crippen LogP contribution in [0.3, 0.4) is 0 Å². The van der Waals surface area contributed by atoms with Gasteiger partial charge in [0, 0.05) is 24.9 Å². The Morgan fingerprint density at radius 2 is 2.37 bits per heavy atom.